The number of rotatable bonds is 11. The van der Waals surface area contributed by atoms with Crippen molar-refractivity contribution in [2.24, 2.45) is 0 Å². The number of pyridine rings is 3. The molecule has 350 valence electrons. The SMILES string of the molecule is Cc1ccc(-c2[c-]cc(-c3ccccc3-c3cc(-c4ccccc4-c4c[c-]c(-c5ccccn5)cc4)cc(-c4ccccc4-c4c[c-]c(-c5ccccn5)cc4)c3)c(-c3cccc(-c4ccccc4)c3)c2)nc1.[Ir+3]. The van der Waals surface area contributed by atoms with Gasteiger partial charge in [-0.15, -0.1) is 83.4 Å². The molecule has 9 aromatic carbocycles. The van der Waals surface area contributed by atoms with Crippen LogP contribution >= 0.6 is 0 Å². The largest absolute Gasteiger partial charge is 3.00 e. The van der Waals surface area contributed by atoms with Crippen molar-refractivity contribution < 1.29 is 20.1 Å². The van der Waals surface area contributed by atoms with E-state index in [1.807, 2.05) is 55.0 Å². The molecule has 0 atom stereocenters. The summed E-state index contributed by atoms with van der Waals surface area (Å²) in [6, 6.07) is 96.8. The fraction of sp³-hybridized carbons (Fsp3) is 0.0143. The molecular weight excluding hydrogens is 1080 g/mol. The van der Waals surface area contributed by atoms with Crippen LogP contribution in [0, 0.1) is 25.1 Å². The van der Waals surface area contributed by atoms with Crippen molar-refractivity contribution in [3.8, 4) is 123 Å². The first-order valence-electron chi connectivity index (χ1n) is 24.5. The van der Waals surface area contributed by atoms with Crippen molar-refractivity contribution in [2.45, 2.75) is 6.92 Å². The maximum absolute atomic E-state index is 4.85. The molecule has 0 amide bonds. The molecular formula is C70H46IrN3. The molecule has 0 aliphatic rings. The standard InChI is InChI=1S/C70H46N3.Ir/c1-48-28-39-70(73-47-48)56-37-38-66(67(46-56)55-19-15-18-54(42-55)49-16-3-2-4-17-49)65-25-10-9-24-64(65)59-44-57(62-22-7-5-20-60(62)50-29-33-52(34-30-50)68-26-11-13-40-71-68)43-58(45-59)63-23-8-6-21-61(63)51-31-35-53(36-32-51)69-27-12-14-41-72-69;/h2-33,35,38-47H,1H3;/q-3;+3. The van der Waals surface area contributed by atoms with Crippen molar-refractivity contribution in [1.82, 2.24) is 15.0 Å². The molecule has 0 spiro atoms. The summed E-state index contributed by atoms with van der Waals surface area (Å²) in [5.74, 6) is 0. The molecule has 4 heteroatoms. The molecule has 0 radical (unpaired) electrons. The Bertz CT molecular complexity index is 3730. The molecule has 12 rings (SSSR count). The first-order valence-corrected chi connectivity index (χ1v) is 24.5. The number of aromatic nitrogens is 3. The minimum absolute atomic E-state index is 0. The van der Waals surface area contributed by atoms with Gasteiger partial charge in [0.2, 0.25) is 0 Å². The first kappa shape index (κ1) is 47.4. The third kappa shape index (κ3) is 9.85. The number of nitrogens with zero attached hydrogens (tertiary/aromatic N) is 3. The minimum atomic E-state index is 0. The van der Waals surface area contributed by atoms with Crippen LogP contribution in [0.4, 0.5) is 0 Å². The predicted molar refractivity (Wildman–Crippen MR) is 301 cm³/mol. The van der Waals surface area contributed by atoms with Crippen LogP contribution in [-0.2, 0) is 20.1 Å². The van der Waals surface area contributed by atoms with E-state index in [4.69, 9.17) is 4.98 Å². The second kappa shape index (κ2) is 21.4. The van der Waals surface area contributed by atoms with E-state index in [2.05, 4.69) is 241 Å². The molecule has 74 heavy (non-hydrogen) atoms. The molecule has 0 aliphatic heterocycles. The van der Waals surface area contributed by atoms with Crippen molar-refractivity contribution in [1.29, 1.82) is 0 Å². The monoisotopic (exact) mass is 1120 g/mol. The molecule has 3 heterocycles. The molecule has 0 N–H and O–H groups in total. The smallest absolute Gasteiger partial charge is 0.305 e. The zero-order valence-corrected chi connectivity index (χ0v) is 42.9. The van der Waals surface area contributed by atoms with Gasteiger partial charge in [-0.25, -0.2) is 0 Å². The normalized spacial score (nSPS) is 10.9. The Morgan fingerprint density at radius 1 is 0.270 bits per heavy atom. The van der Waals surface area contributed by atoms with Crippen LogP contribution in [-0.4, -0.2) is 15.0 Å². The van der Waals surface area contributed by atoms with Gasteiger partial charge in [-0.1, -0.05) is 197 Å². The molecule has 0 bridgehead atoms. The van der Waals surface area contributed by atoms with E-state index < -0.39 is 0 Å². The molecule has 0 aliphatic carbocycles. The number of hydrogen-bond acceptors (Lipinski definition) is 3. The summed E-state index contributed by atoms with van der Waals surface area (Å²) in [5.41, 5.74) is 24.4. The average Bonchev–Trinajstić information content (AvgIpc) is 3.48. The van der Waals surface area contributed by atoms with Crippen LogP contribution in [0.3, 0.4) is 0 Å². The van der Waals surface area contributed by atoms with Crippen LogP contribution in [0.2, 0.25) is 0 Å². The van der Waals surface area contributed by atoms with E-state index in [0.717, 1.165) is 123 Å². The molecule has 3 aromatic heterocycles. The van der Waals surface area contributed by atoms with Crippen LogP contribution in [0.1, 0.15) is 5.56 Å². The van der Waals surface area contributed by atoms with Crippen LogP contribution in [0.5, 0.6) is 0 Å². The average molecular weight is 1120 g/mol. The van der Waals surface area contributed by atoms with Crippen molar-refractivity contribution in [2.75, 3.05) is 0 Å². The third-order valence-corrected chi connectivity index (χ3v) is 13.5. The second-order valence-electron chi connectivity index (χ2n) is 18.2. The second-order valence-corrected chi connectivity index (χ2v) is 18.2. The fourth-order valence-electron chi connectivity index (χ4n) is 9.81. The Balaban J connectivity index is 0.00000588. The van der Waals surface area contributed by atoms with E-state index >= 15 is 0 Å². The number of hydrogen-bond donors (Lipinski definition) is 0. The van der Waals surface area contributed by atoms with Crippen LogP contribution < -0.4 is 0 Å². The van der Waals surface area contributed by atoms with Gasteiger partial charge in [-0.05, 0) is 116 Å². The van der Waals surface area contributed by atoms with E-state index in [0.29, 0.717) is 0 Å². The minimum Gasteiger partial charge on any atom is -0.305 e. The van der Waals surface area contributed by atoms with Gasteiger partial charge in [-0.3, -0.25) is 0 Å². The van der Waals surface area contributed by atoms with Gasteiger partial charge in [0.1, 0.15) is 0 Å². The van der Waals surface area contributed by atoms with Gasteiger partial charge in [0.15, 0.2) is 0 Å². The van der Waals surface area contributed by atoms with E-state index in [-0.39, 0.29) is 20.1 Å². The molecule has 0 unspecified atom stereocenters. The Labute approximate surface area is 447 Å². The van der Waals surface area contributed by atoms with Gasteiger partial charge >= 0.3 is 20.1 Å². The van der Waals surface area contributed by atoms with Gasteiger partial charge in [0.05, 0.1) is 0 Å². The maximum Gasteiger partial charge on any atom is 3.00 e. The Hall–Kier alpha value is -8.92. The van der Waals surface area contributed by atoms with Gasteiger partial charge in [0.25, 0.3) is 0 Å². The van der Waals surface area contributed by atoms with Crippen molar-refractivity contribution >= 4 is 0 Å². The fourth-order valence-corrected chi connectivity index (χ4v) is 9.81. The summed E-state index contributed by atoms with van der Waals surface area (Å²) in [7, 11) is 0. The predicted octanol–water partition coefficient (Wildman–Crippen LogP) is 17.9. The summed E-state index contributed by atoms with van der Waals surface area (Å²) >= 11 is 0. The maximum atomic E-state index is 4.85. The number of aryl methyl sites for hydroxylation is 1. The topological polar surface area (TPSA) is 38.7 Å². The zero-order valence-electron chi connectivity index (χ0n) is 40.5. The molecule has 0 fully saturated rings. The number of benzene rings is 9. The quantitative estimate of drug-likeness (QED) is 0.121. The summed E-state index contributed by atoms with van der Waals surface area (Å²) in [5, 5.41) is 0. The third-order valence-electron chi connectivity index (χ3n) is 13.5. The first-order chi connectivity index (χ1) is 36.1. The van der Waals surface area contributed by atoms with Gasteiger partial charge < -0.3 is 15.0 Å². The summed E-state index contributed by atoms with van der Waals surface area (Å²) in [6.45, 7) is 2.07. The molecule has 12 aromatic rings. The summed E-state index contributed by atoms with van der Waals surface area (Å²) in [6.07, 6.45) is 5.57. The summed E-state index contributed by atoms with van der Waals surface area (Å²) < 4.78 is 0. The van der Waals surface area contributed by atoms with E-state index in [1.54, 1.807) is 0 Å². The molecule has 3 nitrogen and oxygen atoms in total. The van der Waals surface area contributed by atoms with Crippen LogP contribution in [0.25, 0.3) is 123 Å². The Kier molecular flexibility index (Phi) is 13.7. The van der Waals surface area contributed by atoms with Gasteiger partial charge in [-0.2, -0.15) is 0 Å². The zero-order chi connectivity index (χ0) is 48.9. The van der Waals surface area contributed by atoms with E-state index in [1.165, 1.54) is 5.56 Å². The van der Waals surface area contributed by atoms with Crippen molar-refractivity contribution in [3.63, 3.8) is 0 Å². The summed E-state index contributed by atoms with van der Waals surface area (Å²) in [4.78, 5) is 14.0. The molecule has 0 saturated carbocycles. The molecule has 0 saturated heterocycles. The van der Waals surface area contributed by atoms with Gasteiger partial charge in [0, 0.05) is 18.6 Å². The van der Waals surface area contributed by atoms with E-state index in [9.17, 15) is 0 Å². The Morgan fingerprint density at radius 3 is 1.22 bits per heavy atom. The van der Waals surface area contributed by atoms with Crippen molar-refractivity contribution in [3.05, 3.63) is 285 Å². The Morgan fingerprint density at radius 2 is 0.716 bits per heavy atom. The van der Waals surface area contributed by atoms with Crippen LogP contribution in [0.15, 0.2) is 261 Å².